The fourth-order valence-corrected chi connectivity index (χ4v) is 2.67. The summed E-state index contributed by atoms with van der Waals surface area (Å²) in [4.78, 5) is 2.34. The van der Waals surface area contributed by atoms with E-state index >= 15 is 0 Å². The van der Waals surface area contributed by atoms with E-state index in [9.17, 15) is 5.11 Å². The quantitative estimate of drug-likeness (QED) is 0.783. The van der Waals surface area contributed by atoms with Crippen LogP contribution in [0.3, 0.4) is 0 Å². The maximum atomic E-state index is 10.1. The third-order valence-corrected chi connectivity index (χ3v) is 3.86. The molecule has 0 spiro atoms. The number of morpholine rings is 1. The van der Waals surface area contributed by atoms with Crippen LogP contribution < -0.4 is 0 Å². The summed E-state index contributed by atoms with van der Waals surface area (Å²) in [6, 6.07) is 0. The Morgan fingerprint density at radius 1 is 1.35 bits per heavy atom. The molecule has 2 aliphatic rings. The van der Waals surface area contributed by atoms with Gasteiger partial charge in [-0.15, -0.1) is 0 Å². The van der Waals surface area contributed by atoms with Gasteiger partial charge in [-0.05, 0) is 32.2 Å². The molecular formula is C13H25NO3. The minimum absolute atomic E-state index is 0.00916. The van der Waals surface area contributed by atoms with E-state index in [4.69, 9.17) is 9.47 Å². The van der Waals surface area contributed by atoms with Crippen molar-refractivity contribution in [3.8, 4) is 0 Å². The number of rotatable bonds is 5. The van der Waals surface area contributed by atoms with Crippen molar-refractivity contribution >= 4 is 0 Å². The highest BCUT2D eigenvalue weighted by atomic mass is 16.5. The van der Waals surface area contributed by atoms with Gasteiger partial charge in [0.2, 0.25) is 0 Å². The molecule has 0 aromatic carbocycles. The second-order valence-electron chi connectivity index (χ2n) is 5.08. The monoisotopic (exact) mass is 243 g/mol. The van der Waals surface area contributed by atoms with Gasteiger partial charge in [0.05, 0.1) is 24.9 Å². The minimum Gasteiger partial charge on any atom is -0.390 e. The van der Waals surface area contributed by atoms with Gasteiger partial charge in [0.15, 0.2) is 0 Å². The van der Waals surface area contributed by atoms with Crippen LogP contribution in [0.4, 0.5) is 0 Å². The average molecular weight is 243 g/mol. The van der Waals surface area contributed by atoms with Crippen molar-refractivity contribution in [1.29, 1.82) is 0 Å². The van der Waals surface area contributed by atoms with E-state index < -0.39 is 0 Å². The number of aliphatic hydroxyl groups excluding tert-OH is 1. The Kier molecular flexibility index (Phi) is 5.22. The van der Waals surface area contributed by atoms with Gasteiger partial charge in [-0.25, -0.2) is 0 Å². The lowest BCUT2D eigenvalue weighted by Crippen LogP contribution is -2.47. The van der Waals surface area contributed by atoms with Gasteiger partial charge < -0.3 is 14.6 Å². The lowest BCUT2D eigenvalue weighted by Gasteiger charge is -2.34. The van der Waals surface area contributed by atoms with Crippen molar-refractivity contribution in [2.24, 2.45) is 0 Å². The minimum atomic E-state index is -0.339. The zero-order valence-corrected chi connectivity index (χ0v) is 10.8. The largest absolute Gasteiger partial charge is 0.390 e. The molecule has 4 nitrogen and oxygen atoms in total. The van der Waals surface area contributed by atoms with E-state index in [1.54, 1.807) is 0 Å². The Morgan fingerprint density at radius 3 is 2.94 bits per heavy atom. The molecule has 2 saturated heterocycles. The molecule has 3 atom stereocenters. The summed E-state index contributed by atoms with van der Waals surface area (Å²) in [7, 11) is 0. The van der Waals surface area contributed by atoms with Gasteiger partial charge in [-0.3, -0.25) is 4.90 Å². The predicted molar refractivity (Wildman–Crippen MR) is 66.1 cm³/mol. The van der Waals surface area contributed by atoms with Crippen molar-refractivity contribution < 1.29 is 14.6 Å². The molecule has 3 unspecified atom stereocenters. The normalized spacial score (nSPS) is 32.8. The van der Waals surface area contributed by atoms with Crippen LogP contribution in [0.1, 0.15) is 32.6 Å². The van der Waals surface area contributed by atoms with Crippen molar-refractivity contribution in [1.82, 2.24) is 4.90 Å². The van der Waals surface area contributed by atoms with E-state index in [-0.39, 0.29) is 12.2 Å². The first kappa shape index (κ1) is 13.3. The van der Waals surface area contributed by atoms with Crippen LogP contribution in [0.5, 0.6) is 0 Å². The zero-order valence-electron chi connectivity index (χ0n) is 10.8. The number of hydrogen-bond acceptors (Lipinski definition) is 4. The summed E-state index contributed by atoms with van der Waals surface area (Å²) >= 11 is 0. The molecule has 2 rings (SSSR count). The Morgan fingerprint density at radius 2 is 2.24 bits per heavy atom. The van der Waals surface area contributed by atoms with Crippen LogP contribution in [-0.4, -0.2) is 61.2 Å². The van der Waals surface area contributed by atoms with Gasteiger partial charge in [0.25, 0.3) is 0 Å². The topological polar surface area (TPSA) is 41.9 Å². The standard InChI is InChI=1S/C13H25NO3/c1-2-14-7-9-17-13(10-14)12(15)6-5-11-4-3-8-16-11/h11-13,15H,2-10H2,1H3. The maximum absolute atomic E-state index is 10.1. The number of hydrogen-bond donors (Lipinski definition) is 1. The zero-order chi connectivity index (χ0) is 12.1. The van der Waals surface area contributed by atoms with Gasteiger partial charge in [-0.1, -0.05) is 6.92 Å². The fraction of sp³-hybridized carbons (Fsp3) is 1.00. The van der Waals surface area contributed by atoms with E-state index in [0.29, 0.717) is 6.10 Å². The highest BCUT2D eigenvalue weighted by Crippen LogP contribution is 2.20. The molecule has 0 bridgehead atoms. The Hall–Kier alpha value is -0.160. The molecule has 17 heavy (non-hydrogen) atoms. The fourth-order valence-electron chi connectivity index (χ4n) is 2.67. The molecule has 100 valence electrons. The first-order chi connectivity index (χ1) is 8.29. The maximum Gasteiger partial charge on any atom is 0.0961 e. The van der Waals surface area contributed by atoms with Crippen molar-refractivity contribution in [3.63, 3.8) is 0 Å². The van der Waals surface area contributed by atoms with Gasteiger partial charge >= 0.3 is 0 Å². The Balaban J connectivity index is 1.68. The second-order valence-corrected chi connectivity index (χ2v) is 5.08. The highest BCUT2D eigenvalue weighted by Gasteiger charge is 2.27. The molecule has 2 aliphatic heterocycles. The first-order valence-electron chi connectivity index (χ1n) is 6.93. The van der Waals surface area contributed by atoms with Crippen molar-refractivity contribution in [3.05, 3.63) is 0 Å². The predicted octanol–water partition coefficient (Wildman–Crippen LogP) is 1.03. The van der Waals surface area contributed by atoms with Crippen LogP contribution in [-0.2, 0) is 9.47 Å². The molecule has 1 N–H and O–H groups in total. The smallest absolute Gasteiger partial charge is 0.0961 e. The summed E-state index contributed by atoms with van der Waals surface area (Å²) in [6.45, 7) is 6.69. The van der Waals surface area contributed by atoms with Gasteiger partial charge in [0.1, 0.15) is 0 Å². The van der Waals surface area contributed by atoms with Crippen molar-refractivity contribution in [2.45, 2.75) is 50.9 Å². The van der Waals surface area contributed by atoms with Crippen LogP contribution in [0.25, 0.3) is 0 Å². The summed E-state index contributed by atoms with van der Waals surface area (Å²) in [5.74, 6) is 0. The number of likely N-dealkylation sites (N-methyl/N-ethyl adjacent to an activating group) is 1. The lowest BCUT2D eigenvalue weighted by molar-refractivity contribution is -0.0918. The lowest BCUT2D eigenvalue weighted by atomic mass is 10.0. The van der Waals surface area contributed by atoms with Crippen LogP contribution >= 0.6 is 0 Å². The molecule has 4 heteroatoms. The molecule has 0 radical (unpaired) electrons. The molecular weight excluding hydrogens is 218 g/mol. The summed E-state index contributed by atoms with van der Waals surface area (Å²) in [5, 5.41) is 10.1. The molecule has 2 heterocycles. The molecule has 2 fully saturated rings. The third-order valence-electron chi connectivity index (χ3n) is 3.86. The molecule has 0 aromatic rings. The van der Waals surface area contributed by atoms with Crippen LogP contribution in [0.2, 0.25) is 0 Å². The first-order valence-corrected chi connectivity index (χ1v) is 6.93. The Labute approximate surface area is 104 Å². The SMILES string of the molecule is CCN1CCOC(C(O)CCC2CCCO2)C1. The molecule has 0 saturated carbocycles. The van der Waals surface area contributed by atoms with E-state index in [1.165, 1.54) is 6.42 Å². The molecule has 0 amide bonds. The average Bonchev–Trinajstić information content (AvgIpc) is 2.89. The second kappa shape index (κ2) is 6.69. The van der Waals surface area contributed by atoms with Crippen LogP contribution in [0, 0.1) is 0 Å². The van der Waals surface area contributed by atoms with E-state index in [2.05, 4.69) is 11.8 Å². The Bertz CT molecular complexity index is 219. The van der Waals surface area contributed by atoms with Crippen LogP contribution in [0.15, 0.2) is 0 Å². The summed E-state index contributed by atoms with van der Waals surface area (Å²) in [6.07, 6.45) is 4.11. The molecule has 0 aromatic heterocycles. The number of nitrogens with zero attached hydrogens (tertiary/aromatic N) is 1. The summed E-state index contributed by atoms with van der Waals surface area (Å²) in [5.41, 5.74) is 0. The van der Waals surface area contributed by atoms with Gasteiger partial charge in [-0.2, -0.15) is 0 Å². The summed E-state index contributed by atoms with van der Waals surface area (Å²) < 4.78 is 11.2. The van der Waals surface area contributed by atoms with Crippen molar-refractivity contribution in [2.75, 3.05) is 32.8 Å². The van der Waals surface area contributed by atoms with E-state index in [0.717, 1.165) is 52.1 Å². The highest BCUT2D eigenvalue weighted by molar-refractivity contribution is 4.78. The number of aliphatic hydroxyl groups is 1. The molecule has 0 aliphatic carbocycles. The van der Waals surface area contributed by atoms with Gasteiger partial charge in [0, 0.05) is 19.7 Å². The van der Waals surface area contributed by atoms with E-state index in [1.807, 2.05) is 0 Å². The third kappa shape index (κ3) is 3.91. The number of ether oxygens (including phenoxy) is 2.